The van der Waals surface area contributed by atoms with Crippen LogP contribution in [0.25, 0.3) is 0 Å². The fourth-order valence-corrected chi connectivity index (χ4v) is 4.45. The molecule has 1 amide bonds. The first-order valence-electron chi connectivity index (χ1n) is 11.4. The molecular weight excluding hydrogens is 385 g/mol. The van der Waals surface area contributed by atoms with E-state index in [0.29, 0.717) is 42.4 Å². The first kappa shape index (κ1) is 22.4. The highest BCUT2D eigenvalue weighted by Crippen LogP contribution is 2.31. The molecule has 2 aliphatic rings. The molecule has 3 rings (SSSR count). The number of benzene rings is 1. The van der Waals surface area contributed by atoms with E-state index in [1.54, 1.807) is 6.07 Å². The number of anilines is 2. The largest absolute Gasteiger partial charge is 0.481 e. The van der Waals surface area contributed by atoms with E-state index in [1.807, 2.05) is 0 Å². The Labute approximate surface area is 178 Å². The van der Waals surface area contributed by atoms with E-state index in [1.165, 1.54) is 12.5 Å². The number of rotatable bonds is 10. The van der Waals surface area contributed by atoms with Gasteiger partial charge < -0.3 is 21.1 Å². The Balaban J connectivity index is 1.70. The minimum atomic E-state index is -0.840. The zero-order valence-electron chi connectivity index (χ0n) is 17.6. The predicted molar refractivity (Wildman–Crippen MR) is 117 cm³/mol. The van der Waals surface area contributed by atoms with Gasteiger partial charge in [-0.1, -0.05) is 32.1 Å². The maximum absolute atomic E-state index is 14.9. The van der Waals surface area contributed by atoms with E-state index in [2.05, 4.69) is 16.0 Å². The molecule has 0 atom stereocenters. The van der Waals surface area contributed by atoms with Gasteiger partial charge in [-0.15, -0.1) is 0 Å². The van der Waals surface area contributed by atoms with Gasteiger partial charge >= 0.3 is 5.97 Å². The summed E-state index contributed by atoms with van der Waals surface area (Å²) in [7, 11) is 0. The first-order valence-corrected chi connectivity index (χ1v) is 11.4. The number of hydrogen-bond donors (Lipinski definition) is 4. The second kappa shape index (κ2) is 11.2. The lowest BCUT2D eigenvalue weighted by Crippen LogP contribution is -2.28. The van der Waals surface area contributed by atoms with Crippen LogP contribution in [0.3, 0.4) is 0 Å². The number of halogens is 1. The maximum atomic E-state index is 14.9. The maximum Gasteiger partial charge on any atom is 0.303 e. The summed E-state index contributed by atoms with van der Waals surface area (Å²) in [6.45, 7) is 0.374. The van der Waals surface area contributed by atoms with E-state index >= 15 is 0 Å². The minimum Gasteiger partial charge on any atom is -0.481 e. The van der Waals surface area contributed by atoms with Crippen molar-refractivity contribution in [1.82, 2.24) is 5.32 Å². The normalized spacial score (nSPS) is 17.6. The highest BCUT2D eigenvalue weighted by molar-refractivity contribution is 6.00. The van der Waals surface area contributed by atoms with Crippen LogP contribution in [0.15, 0.2) is 12.1 Å². The number of carboxylic acids is 1. The van der Waals surface area contributed by atoms with E-state index in [0.717, 1.165) is 51.4 Å². The molecule has 30 heavy (non-hydrogen) atoms. The van der Waals surface area contributed by atoms with Crippen LogP contribution in [0.4, 0.5) is 15.8 Å². The molecule has 2 aliphatic carbocycles. The second-order valence-electron chi connectivity index (χ2n) is 8.59. The fourth-order valence-electron chi connectivity index (χ4n) is 4.45. The molecule has 0 heterocycles. The van der Waals surface area contributed by atoms with E-state index < -0.39 is 11.8 Å². The van der Waals surface area contributed by atoms with Crippen molar-refractivity contribution in [2.45, 2.75) is 89.1 Å². The van der Waals surface area contributed by atoms with Gasteiger partial charge in [0.15, 0.2) is 0 Å². The van der Waals surface area contributed by atoms with Crippen molar-refractivity contribution in [3.05, 3.63) is 23.5 Å². The summed E-state index contributed by atoms with van der Waals surface area (Å²) in [5.74, 6) is -1.57. The zero-order chi connectivity index (χ0) is 21.3. The van der Waals surface area contributed by atoms with Gasteiger partial charge in [-0.05, 0) is 50.7 Å². The molecule has 0 bridgehead atoms. The third-order valence-electron chi connectivity index (χ3n) is 6.13. The third-order valence-corrected chi connectivity index (χ3v) is 6.13. The molecule has 6 nitrogen and oxygen atoms in total. The summed E-state index contributed by atoms with van der Waals surface area (Å²) in [5.41, 5.74) is 1.44. The molecule has 0 aromatic heterocycles. The molecule has 0 radical (unpaired) electrons. The summed E-state index contributed by atoms with van der Waals surface area (Å²) < 4.78 is 14.9. The van der Waals surface area contributed by atoms with Gasteiger partial charge in [-0.3, -0.25) is 9.59 Å². The summed E-state index contributed by atoms with van der Waals surface area (Å²) in [5, 5.41) is 18.3. The van der Waals surface area contributed by atoms with Crippen LogP contribution in [-0.4, -0.2) is 35.6 Å². The fraction of sp³-hybridized carbons (Fsp3) is 0.652. The first-order chi connectivity index (χ1) is 14.5. The Morgan fingerprint density at radius 3 is 2.13 bits per heavy atom. The number of amides is 1. The number of carbonyl (C=O) groups is 2. The van der Waals surface area contributed by atoms with Gasteiger partial charge in [-0.25, -0.2) is 4.39 Å². The van der Waals surface area contributed by atoms with Crippen LogP contribution in [0.5, 0.6) is 0 Å². The molecule has 2 fully saturated rings. The number of hydrogen-bond acceptors (Lipinski definition) is 4. The van der Waals surface area contributed by atoms with Gasteiger partial charge in [0.05, 0.1) is 11.3 Å². The zero-order valence-corrected chi connectivity index (χ0v) is 17.6. The molecule has 0 unspecified atom stereocenters. The third kappa shape index (κ3) is 6.61. The van der Waals surface area contributed by atoms with Crippen LogP contribution in [-0.2, 0) is 4.79 Å². The standard InChI is InChI=1S/C23H34FN3O3/c24-19-14-18(23(30)25-13-7-6-12-22(28)29)20(26-16-10-4-5-11-16)15-21(19)27-17-8-2-1-3-9-17/h14-17,26-27H,1-13H2,(H,25,30)(H,28,29). The lowest BCUT2D eigenvalue weighted by atomic mass is 9.95. The average Bonchev–Trinajstić information content (AvgIpc) is 3.23. The number of carboxylic acid groups (broad SMARTS) is 1. The van der Waals surface area contributed by atoms with Crippen LogP contribution < -0.4 is 16.0 Å². The molecule has 7 heteroatoms. The lowest BCUT2D eigenvalue weighted by Gasteiger charge is -2.25. The summed E-state index contributed by atoms with van der Waals surface area (Å²) in [6, 6.07) is 3.66. The Kier molecular flexibility index (Phi) is 8.34. The highest BCUT2D eigenvalue weighted by Gasteiger charge is 2.22. The molecule has 4 N–H and O–H groups in total. The Bertz CT molecular complexity index is 729. The monoisotopic (exact) mass is 419 g/mol. The molecular formula is C23H34FN3O3. The molecule has 1 aromatic carbocycles. The molecule has 1 aromatic rings. The van der Waals surface area contributed by atoms with Crippen molar-refractivity contribution in [1.29, 1.82) is 0 Å². The smallest absolute Gasteiger partial charge is 0.303 e. The van der Waals surface area contributed by atoms with E-state index in [-0.39, 0.29) is 18.4 Å². The Morgan fingerprint density at radius 2 is 1.50 bits per heavy atom. The van der Waals surface area contributed by atoms with Crippen molar-refractivity contribution in [2.75, 3.05) is 17.2 Å². The lowest BCUT2D eigenvalue weighted by molar-refractivity contribution is -0.137. The van der Waals surface area contributed by atoms with Crippen LogP contribution in [0.2, 0.25) is 0 Å². The molecule has 166 valence electrons. The van der Waals surface area contributed by atoms with Crippen LogP contribution >= 0.6 is 0 Å². The number of unbranched alkanes of at least 4 members (excludes halogenated alkanes) is 1. The van der Waals surface area contributed by atoms with Crippen molar-refractivity contribution < 1.29 is 19.1 Å². The summed E-state index contributed by atoms with van der Waals surface area (Å²) >= 11 is 0. The summed E-state index contributed by atoms with van der Waals surface area (Å²) in [6.07, 6.45) is 11.2. The highest BCUT2D eigenvalue weighted by atomic mass is 19.1. The second-order valence-corrected chi connectivity index (χ2v) is 8.59. The van der Waals surface area contributed by atoms with Crippen molar-refractivity contribution in [2.24, 2.45) is 0 Å². The number of carbonyl (C=O) groups excluding carboxylic acids is 1. The van der Waals surface area contributed by atoms with E-state index in [4.69, 9.17) is 5.11 Å². The van der Waals surface area contributed by atoms with Gasteiger partial charge in [0.2, 0.25) is 0 Å². The van der Waals surface area contributed by atoms with Gasteiger partial charge in [0, 0.05) is 30.7 Å². The molecule has 0 aliphatic heterocycles. The SMILES string of the molecule is O=C(O)CCCCNC(=O)c1cc(F)c(NC2CCCCC2)cc1NC1CCCC1. The molecule has 2 saturated carbocycles. The van der Waals surface area contributed by atoms with Crippen LogP contribution in [0, 0.1) is 5.82 Å². The minimum absolute atomic E-state index is 0.0838. The van der Waals surface area contributed by atoms with Gasteiger partial charge in [0.1, 0.15) is 5.82 Å². The van der Waals surface area contributed by atoms with Crippen molar-refractivity contribution in [3.8, 4) is 0 Å². The van der Waals surface area contributed by atoms with Crippen LogP contribution in [0.1, 0.15) is 87.4 Å². The van der Waals surface area contributed by atoms with Gasteiger partial charge in [-0.2, -0.15) is 0 Å². The predicted octanol–water partition coefficient (Wildman–Crippen LogP) is 4.91. The number of nitrogens with one attached hydrogen (secondary N) is 3. The van der Waals surface area contributed by atoms with E-state index in [9.17, 15) is 14.0 Å². The molecule has 0 spiro atoms. The topological polar surface area (TPSA) is 90.5 Å². The van der Waals surface area contributed by atoms with Crippen molar-refractivity contribution >= 4 is 23.3 Å². The Morgan fingerprint density at radius 1 is 0.900 bits per heavy atom. The average molecular weight is 420 g/mol. The van der Waals surface area contributed by atoms with Crippen molar-refractivity contribution in [3.63, 3.8) is 0 Å². The number of aliphatic carboxylic acids is 1. The van der Waals surface area contributed by atoms with Gasteiger partial charge in [0.25, 0.3) is 5.91 Å². The quantitative estimate of drug-likeness (QED) is 0.405. The Hall–Kier alpha value is -2.31. The summed E-state index contributed by atoms with van der Waals surface area (Å²) in [4.78, 5) is 23.3. The molecule has 0 saturated heterocycles.